The Morgan fingerprint density at radius 1 is 1.17 bits per heavy atom. The standard InChI is InChI=1S/C17H20O4.C2H6/c1-9(2)10(3)8-20-13-6-7-14-15(11(13)4)16(17(18)19)12(5)21-14;1-2/h6-7H,8H2,1-5H3,(H,18,19);1-2H3. The van der Waals surface area contributed by atoms with Crippen molar-refractivity contribution in [3.8, 4) is 5.75 Å². The van der Waals surface area contributed by atoms with Crippen LogP contribution in [0.25, 0.3) is 11.0 Å². The monoisotopic (exact) mass is 318 g/mol. The van der Waals surface area contributed by atoms with E-state index in [-0.39, 0.29) is 5.56 Å². The first-order valence-corrected chi connectivity index (χ1v) is 7.84. The highest BCUT2D eigenvalue weighted by atomic mass is 16.5. The molecule has 0 fully saturated rings. The maximum absolute atomic E-state index is 11.4. The summed E-state index contributed by atoms with van der Waals surface area (Å²) in [6.45, 7) is 14.1. The molecule has 0 saturated heterocycles. The van der Waals surface area contributed by atoms with Crippen molar-refractivity contribution in [3.63, 3.8) is 0 Å². The molecule has 4 heteroatoms. The Bertz CT molecular complexity index is 731. The number of ether oxygens (including phenoxy) is 1. The summed E-state index contributed by atoms with van der Waals surface area (Å²) in [6, 6.07) is 3.58. The Morgan fingerprint density at radius 2 is 1.78 bits per heavy atom. The fourth-order valence-electron chi connectivity index (χ4n) is 2.20. The minimum atomic E-state index is -0.980. The summed E-state index contributed by atoms with van der Waals surface area (Å²) in [5.41, 5.74) is 3.97. The van der Waals surface area contributed by atoms with E-state index in [0.29, 0.717) is 29.1 Å². The molecule has 2 rings (SSSR count). The van der Waals surface area contributed by atoms with Gasteiger partial charge in [0.15, 0.2) is 0 Å². The van der Waals surface area contributed by atoms with Crippen LogP contribution in [0, 0.1) is 13.8 Å². The SMILES string of the molecule is CC.CC(C)=C(C)COc1ccc2oc(C)c(C(=O)O)c2c1C. The van der Waals surface area contributed by atoms with Crippen LogP contribution in [0.4, 0.5) is 0 Å². The number of furan rings is 1. The predicted octanol–water partition coefficient (Wildman–Crippen LogP) is 5.51. The Hall–Kier alpha value is -2.23. The lowest BCUT2D eigenvalue weighted by Crippen LogP contribution is -2.03. The van der Waals surface area contributed by atoms with Gasteiger partial charge in [-0.3, -0.25) is 0 Å². The number of carbonyl (C=O) groups is 1. The zero-order valence-electron chi connectivity index (χ0n) is 15.0. The van der Waals surface area contributed by atoms with Gasteiger partial charge in [0.25, 0.3) is 0 Å². The van der Waals surface area contributed by atoms with Crippen LogP contribution < -0.4 is 4.74 Å². The van der Waals surface area contributed by atoms with Crippen molar-refractivity contribution < 1.29 is 19.1 Å². The molecule has 2 aromatic rings. The lowest BCUT2D eigenvalue weighted by atomic mass is 10.0. The molecule has 0 spiro atoms. The summed E-state index contributed by atoms with van der Waals surface area (Å²) in [5.74, 6) is 0.122. The molecular weight excluding hydrogens is 292 g/mol. The van der Waals surface area contributed by atoms with E-state index in [1.807, 2.05) is 47.6 Å². The van der Waals surface area contributed by atoms with Crippen LogP contribution in [-0.4, -0.2) is 17.7 Å². The van der Waals surface area contributed by atoms with Crippen LogP contribution >= 0.6 is 0 Å². The maximum Gasteiger partial charge on any atom is 0.339 e. The lowest BCUT2D eigenvalue weighted by Gasteiger charge is -2.11. The number of aromatic carboxylic acids is 1. The molecule has 0 atom stereocenters. The van der Waals surface area contributed by atoms with Crippen molar-refractivity contribution in [2.45, 2.75) is 48.5 Å². The van der Waals surface area contributed by atoms with E-state index in [0.717, 1.165) is 11.1 Å². The van der Waals surface area contributed by atoms with Gasteiger partial charge in [-0.05, 0) is 52.3 Å². The van der Waals surface area contributed by atoms with E-state index in [1.54, 1.807) is 13.0 Å². The van der Waals surface area contributed by atoms with Crippen LogP contribution in [0.5, 0.6) is 5.75 Å². The van der Waals surface area contributed by atoms with Crippen molar-refractivity contribution in [3.05, 3.63) is 40.2 Å². The van der Waals surface area contributed by atoms with Crippen molar-refractivity contribution >= 4 is 16.9 Å². The fourth-order valence-corrected chi connectivity index (χ4v) is 2.20. The molecule has 0 aliphatic rings. The quantitative estimate of drug-likeness (QED) is 0.755. The van der Waals surface area contributed by atoms with E-state index in [1.165, 1.54) is 5.57 Å². The number of fused-ring (bicyclic) bond motifs is 1. The van der Waals surface area contributed by atoms with Gasteiger partial charge < -0.3 is 14.3 Å². The van der Waals surface area contributed by atoms with Gasteiger partial charge in [-0.1, -0.05) is 19.4 Å². The Kier molecular flexibility index (Phi) is 6.43. The Morgan fingerprint density at radius 3 is 2.30 bits per heavy atom. The van der Waals surface area contributed by atoms with Crippen molar-refractivity contribution in [1.29, 1.82) is 0 Å². The minimum Gasteiger partial charge on any atom is -0.489 e. The average Bonchev–Trinajstić information content (AvgIpc) is 2.85. The van der Waals surface area contributed by atoms with E-state index < -0.39 is 5.97 Å². The van der Waals surface area contributed by atoms with E-state index in [9.17, 15) is 9.90 Å². The molecule has 0 aliphatic carbocycles. The third-order valence-corrected chi connectivity index (χ3v) is 3.75. The topological polar surface area (TPSA) is 59.7 Å². The molecule has 1 heterocycles. The normalized spacial score (nSPS) is 10.0. The number of benzene rings is 1. The Balaban J connectivity index is 0.00000127. The van der Waals surface area contributed by atoms with Crippen LogP contribution in [0.1, 0.15) is 56.3 Å². The molecule has 0 bridgehead atoms. The van der Waals surface area contributed by atoms with E-state index >= 15 is 0 Å². The molecule has 0 unspecified atom stereocenters. The third kappa shape index (κ3) is 3.95. The average molecular weight is 318 g/mol. The molecule has 1 aromatic heterocycles. The number of allylic oxidation sites excluding steroid dienone is 1. The van der Waals surface area contributed by atoms with Crippen molar-refractivity contribution in [1.82, 2.24) is 0 Å². The van der Waals surface area contributed by atoms with Crippen LogP contribution in [0.2, 0.25) is 0 Å². The van der Waals surface area contributed by atoms with Crippen molar-refractivity contribution in [2.24, 2.45) is 0 Å². The molecular formula is C19H26O4. The second-order valence-electron chi connectivity index (χ2n) is 5.47. The van der Waals surface area contributed by atoms with Gasteiger partial charge >= 0.3 is 5.97 Å². The molecule has 126 valence electrons. The molecule has 0 radical (unpaired) electrons. The highest BCUT2D eigenvalue weighted by Crippen LogP contribution is 2.33. The zero-order valence-corrected chi connectivity index (χ0v) is 15.0. The third-order valence-electron chi connectivity index (χ3n) is 3.75. The van der Waals surface area contributed by atoms with Crippen LogP contribution in [0.15, 0.2) is 27.7 Å². The summed E-state index contributed by atoms with van der Waals surface area (Å²) in [6.07, 6.45) is 0. The fraction of sp³-hybridized carbons (Fsp3) is 0.421. The summed E-state index contributed by atoms with van der Waals surface area (Å²) in [7, 11) is 0. The van der Waals surface area contributed by atoms with Gasteiger partial charge in [0.2, 0.25) is 0 Å². The number of hydrogen-bond donors (Lipinski definition) is 1. The number of rotatable bonds is 4. The number of aryl methyl sites for hydroxylation is 2. The van der Waals surface area contributed by atoms with Crippen LogP contribution in [-0.2, 0) is 0 Å². The van der Waals surface area contributed by atoms with Gasteiger partial charge in [-0.15, -0.1) is 0 Å². The second kappa shape index (κ2) is 7.86. The second-order valence-corrected chi connectivity index (χ2v) is 5.47. The van der Waals surface area contributed by atoms with Crippen LogP contribution in [0.3, 0.4) is 0 Å². The highest BCUT2D eigenvalue weighted by Gasteiger charge is 2.20. The van der Waals surface area contributed by atoms with Crippen molar-refractivity contribution in [2.75, 3.05) is 6.61 Å². The molecule has 1 aromatic carbocycles. The smallest absolute Gasteiger partial charge is 0.339 e. The zero-order chi connectivity index (χ0) is 17.7. The molecule has 4 nitrogen and oxygen atoms in total. The van der Waals surface area contributed by atoms with Gasteiger partial charge in [0, 0.05) is 10.9 Å². The molecule has 1 N–H and O–H groups in total. The summed E-state index contributed by atoms with van der Waals surface area (Å²) >= 11 is 0. The van der Waals surface area contributed by atoms with Gasteiger partial charge in [0.1, 0.15) is 29.3 Å². The van der Waals surface area contributed by atoms with E-state index in [4.69, 9.17) is 9.15 Å². The maximum atomic E-state index is 11.4. The molecule has 0 saturated carbocycles. The molecule has 0 amide bonds. The first-order chi connectivity index (χ1) is 10.8. The minimum absolute atomic E-state index is 0.215. The number of carboxylic acids is 1. The van der Waals surface area contributed by atoms with Gasteiger partial charge in [-0.25, -0.2) is 4.79 Å². The van der Waals surface area contributed by atoms with Gasteiger partial charge in [-0.2, -0.15) is 0 Å². The first kappa shape index (κ1) is 18.8. The largest absolute Gasteiger partial charge is 0.489 e. The summed E-state index contributed by atoms with van der Waals surface area (Å²) in [4.78, 5) is 11.4. The number of carboxylic acid groups (broad SMARTS) is 1. The first-order valence-electron chi connectivity index (χ1n) is 7.84. The highest BCUT2D eigenvalue weighted by molar-refractivity contribution is 6.05. The summed E-state index contributed by atoms with van der Waals surface area (Å²) < 4.78 is 11.3. The molecule has 23 heavy (non-hydrogen) atoms. The van der Waals surface area contributed by atoms with E-state index in [2.05, 4.69) is 0 Å². The lowest BCUT2D eigenvalue weighted by molar-refractivity contribution is 0.0697. The number of hydrogen-bond acceptors (Lipinski definition) is 3. The molecule has 0 aliphatic heterocycles. The summed E-state index contributed by atoms with van der Waals surface area (Å²) in [5, 5.41) is 9.97. The van der Waals surface area contributed by atoms with Gasteiger partial charge in [0.05, 0.1) is 0 Å². The predicted molar refractivity (Wildman–Crippen MR) is 93.5 cm³/mol. The Labute approximate surface area is 137 Å².